The Balaban J connectivity index is 2.44. The number of nitrogens with zero attached hydrogens (tertiary/aromatic N) is 1. The van der Waals surface area contributed by atoms with Gasteiger partial charge in [0.1, 0.15) is 11.5 Å². The predicted molar refractivity (Wildman–Crippen MR) is 59.2 cm³/mol. The zero-order valence-corrected chi connectivity index (χ0v) is 8.73. The lowest BCUT2D eigenvalue weighted by Crippen LogP contribution is -1.96. The molecule has 0 aliphatic carbocycles. The monoisotopic (exact) mass is 202 g/mol. The minimum Gasteiger partial charge on any atom is -0.448 e. The van der Waals surface area contributed by atoms with Crippen LogP contribution < -0.4 is 5.73 Å². The SMILES string of the molecule is CCc1ocnc1-c1cccc(CN)c1. The molecular formula is C12H14N2O. The molecule has 0 spiro atoms. The molecule has 3 nitrogen and oxygen atoms in total. The molecule has 0 unspecified atom stereocenters. The quantitative estimate of drug-likeness (QED) is 0.831. The van der Waals surface area contributed by atoms with E-state index in [0.717, 1.165) is 29.0 Å². The van der Waals surface area contributed by atoms with Gasteiger partial charge in [-0.25, -0.2) is 4.98 Å². The van der Waals surface area contributed by atoms with Crippen LogP contribution in [-0.2, 0) is 13.0 Å². The summed E-state index contributed by atoms with van der Waals surface area (Å²) >= 11 is 0. The van der Waals surface area contributed by atoms with Crippen molar-refractivity contribution in [2.24, 2.45) is 5.73 Å². The van der Waals surface area contributed by atoms with Gasteiger partial charge in [0.2, 0.25) is 0 Å². The average Bonchev–Trinajstić information content (AvgIpc) is 2.77. The van der Waals surface area contributed by atoms with Crippen molar-refractivity contribution < 1.29 is 4.42 Å². The number of aromatic nitrogens is 1. The summed E-state index contributed by atoms with van der Waals surface area (Å²) in [4.78, 5) is 4.23. The molecule has 0 radical (unpaired) electrons. The van der Waals surface area contributed by atoms with Gasteiger partial charge in [0.05, 0.1) is 0 Å². The van der Waals surface area contributed by atoms with Crippen LogP contribution in [0.25, 0.3) is 11.3 Å². The number of hydrogen-bond donors (Lipinski definition) is 1. The summed E-state index contributed by atoms with van der Waals surface area (Å²) in [7, 11) is 0. The third-order valence-electron chi connectivity index (χ3n) is 2.40. The van der Waals surface area contributed by atoms with E-state index in [1.807, 2.05) is 18.2 Å². The molecule has 0 aliphatic rings. The smallest absolute Gasteiger partial charge is 0.181 e. The van der Waals surface area contributed by atoms with Crippen LogP contribution in [0.2, 0.25) is 0 Å². The van der Waals surface area contributed by atoms with Crippen molar-refractivity contribution in [1.82, 2.24) is 4.98 Å². The molecule has 2 N–H and O–H groups in total. The number of oxazole rings is 1. The van der Waals surface area contributed by atoms with Gasteiger partial charge in [-0.3, -0.25) is 0 Å². The zero-order valence-electron chi connectivity index (χ0n) is 8.73. The van der Waals surface area contributed by atoms with Gasteiger partial charge in [-0.1, -0.05) is 25.1 Å². The van der Waals surface area contributed by atoms with Crippen molar-refractivity contribution in [2.75, 3.05) is 0 Å². The predicted octanol–water partition coefficient (Wildman–Crippen LogP) is 2.36. The Labute approximate surface area is 88.9 Å². The Morgan fingerprint density at radius 3 is 3.00 bits per heavy atom. The molecule has 15 heavy (non-hydrogen) atoms. The van der Waals surface area contributed by atoms with E-state index < -0.39 is 0 Å². The fourth-order valence-electron chi connectivity index (χ4n) is 1.60. The molecule has 1 heterocycles. The van der Waals surface area contributed by atoms with E-state index in [1.54, 1.807) is 0 Å². The van der Waals surface area contributed by atoms with Crippen molar-refractivity contribution in [3.05, 3.63) is 42.0 Å². The first-order valence-corrected chi connectivity index (χ1v) is 5.07. The maximum Gasteiger partial charge on any atom is 0.181 e. The summed E-state index contributed by atoms with van der Waals surface area (Å²) in [5.74, 6) is 0.921. The zero-order chi connectivity index (χ0) is 10.7. The van der Waals surface area contributed by atoms with Crippen LogP contribution in [0.3, 0.4) is 0 Å². The highest BCUT2D eigenvalue weighted by molar-refractivity contribution is 5.61. The minimum absolute atomic E-state index is 0.549. The van der Waals surface area contributed by atoms with E-state index in [0.29, 0.717) is 6.54 Å². The van der Waals surface area contributed by atoms with Gasteiger partial charge < -0.3 is 10.2 Å². The van der Waals surface area contributed by atoms with Gasteiger partial charge in [0, 0.05) is 18.5 Å². The number of nitrogens with two attached hydrogens (primary N) is 1. The standard InChI is InChI=1S/C12H14N2O/c1-2-11-12(14-8-15-11)10-5-3-4-9(6-10)7-13/h3-6,8H,2,7,13H2,1H3. The van der Waals surface area contributed by atoms with Crippen molar-refractivity contribution in [3.8, 4) is 11.3 Å². The first-order valence-electron chi connectivity index (χ1n) is 5.07. The lowest BCUT2D eigenvalue weighted by Gasteiger charge is -2.01. The second-order valence-corrected chi connectivity index (χ2v) is 3.38. The molecule has 0 saturated heterocycles. The van der Waals surface area contributed by atoms with Crippen molar-refractivity contribution in [2.45, 2.75) is 19.9 Å². The van der Waals surface area contributed by atoms with Crippen LogP contribution in [0, 0.1) is 0 Å². The van der Waals surface area contributed by atoms with Crippen LogP contribution in [0.5, 0.6) is 0 Å². The van der Waals surface area contributed by atoms with E-state index in [2.05, 4.69) is 18.0 Å². The summed E-state index contributed by atoms with van der Waals surface area (Å²) in [5.41, 5.74) is 8.70. The fourth-order valence-corrected chi connectivity index (χ4v) is 1.60. The van der Waals surface area contributed by atoms with Crippen LogP contribution in [0.1, 0.15) is 18.2 Å². The summed E-state index contributed by atoms with van der Waals surface area (Å²) in [5, 5.41) is 0. The number of aryl methyl sites for hydroxylation is 1. The van der Waals surface area contributed by atoms with Gasteiger partial charge in [-0.05, 0) is 11.6 Å². The van der Waals surface area contributed by atoms with Crippen LogP contribution in [-0.4, -0.2) is 4.98 Å². The maximum atomic E-state index is 5.60. The first-order chi connectivity index (χ1) is 7.35. The lowest BCUT2D eigenvalue weighted by molar-refractivity contribution is 0.510. The van der Waals surface area contributed by atoms with Crippen molar-refractivity contribution in [3.63, 3.8) is 0 Å². The average molecular weight is 202 g/mol. The second kappa shape index (κ2) is 4.28. The minimum atomic E-state index is 0.549. The Bertz CT molecular complexity index is 448. The molecule has 0 fully saturated rings. The van der Waals surface area contributed by atoms with E-state index in [4.69, 9.17) is 10.2 Å². The highest BCUT2D eigenvalue weighted by Gasteiger charge is 2.08. The molecule has 2 rings (SSSR count). The molecule has 1 aromatic heterocycles. The highest BCUT2D eigenvalue weighted by Crippen LogP contribution is 2.23. The van der Waals surface area contributed by atoms with E-state index in [1.165, 1.54) is 6.39 Å². The lowest BCUT2D eigenvalue weighted by atomic mass is 10.1. The molecule has 3 heteroatoms. The van der Waals surface area contributed by atoms with Gasteiger partial charge >= 0.3 is 0 Å². The first kappa shape index (κ1) is 9.93. The topological polar surface area (TPSA) is 52.0 Å². The summed E-state index contributed by atoms with van der Waals surface area (Å²) < 4.78 is 5.30. The van der Waals surface area contributed by atoms with Crippen LogP contribution >= 0.6 is 0 Å². The van der Waals surface area contributed by atoms with Crippen molar-refractivity contribution in [1.29, 1.82) is 0 Å². The third-order valence-corrected chi connectivity index (χ3v) is 2.40. The Hall–Kier alpha value is -1.61. The molecule has 0 aliphatic heterocycles. The number of rotatable bonds is 3. The Kier molecular flexibility index (Phi) is 2.83. The second-order valence-electron chi connectivity index (χ2n) is 3.38. The fraction of sp³-hybridized carbons (Fsp3) is 0.250. The van der Waals surface area contributed by atoms with Gasteiger partial charge in [-0.15, -0.1) is 0 Å². The normalized spacial score (nSPS) is 10.5. The summed E-state index contributed by atoms with van der Waals surface area (Å²) in [6, 6.07) is 8.08. The molecule has 2 aromatic rings. The van der Waals surface area contributed by atoms with E-state index in [9.17, 15) is 0 Å². The molecule has 0 bridgehead atoms. The number of hydrogen-bond acceptors (Lipinski definition) is 3. The maximum absolute atomic E-state index is 5.60. The van der Waals surface area contributed by atoms with Gasteiger partial charge in [-0.2, -0.15) is 0 Å². The molecule has 0 amide bonds. The number of benzene rings is 1. The third kappa shape index (κ3) is 1.92. The Morgan fingerprint density at radius 1 is 1.40 bits per heavy atom. The molecule has 0 atom stereocenters. The van der Waals surface area contributed by atoms with Gasteiger partial charge in [0.15, 0.2) is 6.39 Å². The molecule has 1 aromatic carbocycles. The highest BCUT2D eigenvalue weighted by atomic mass is 16.3. The summed E-state index contributed by atoms with van der Waals surface area (Å²) in [6.07, 6.45) is 2.34. The largest absolute Gasteiger partial charge is 0.448 e. The van der Waals surface area contributed by atoms with Gasteiger partial charge in [0.25, 0.3) is 0 Å². The summed E-state index contributed by atoms with van der Waals surface area (Å²) in [6.45, 7) is 2.60. The van der Waals surface area contributed by atoms with Crippen molar-refractivity contribution >= 4 is 0 Å². The Morgan fingerprint density at radius 2 is 2.27 bits per heavy atom. The van der Waals surface area contributed by atoms with E-state index in [-0.39, 0.29) is 0 Å². The molecule has 78 valence electrons. The van der Waals surface area contributed by atoms with Crippen LogP contribution in [0.15, 0.2) is 35.1 Å². The van der Waals surface area contributed by atoms with Crippen LogP contribution in [0.4, 0.5) is 0 Å². The van der Waals surface area contributed by atoms with E-state index >= 15 is 0 Å². The molecule has 0 saturated carbocycles. The molecular weight excluding hydrogens is 188 g/mol.